The molecule has 0 spiro atoms. The second-order valence-electron chi connectivity index (χ2n) is 3.39. The highest BCUT2D eigenvalue weighted by molar-refractivity contribution is 5.91. The molecule has 0 amide bonds. The lowest BCUT2D eigenvalue weighted by Gasteiger charge is -2.28. The summed E-state index contributed by atoms with van der Waals surface area (Å²) in [6.07, 6.45) is 4.77. The maximum Gasteiger partial charge on any atom is 0.0754 e. The van der Waals surface area contributed by atoms with E-state index in [0.29, 0.717) is 6.04 Å². The van der Waals surface area contributed by atoms with Crippen LogP contribution >= 0.6 is 0 Å². The van der Waals surface area contributed by atoms with Crippen LogP contribution in [-0.4, -0.2) is 35.0 Å². The lowest BCUT2D eigenvalue weighted by Crippen LogP contribution is -2.37. The van der Waals surface area contributed by atoms with Gasteiger partial charge in [-0.2, -0.15) is 0 Å². The second-order valence-corrected chi connectivity index (χ2v) is 3.39. The molecule has 2 saturated heterocycles. The van der Waals surface area contributed by atoms with E-state index in [9.17, 15) is 0 Å². The molecule has 0 radical (unpaired) electrons. The topological polar surface area (TPSA) is 35.8 Å². The monoisotopic (exact) mass is 154 g/mol. The van der Waals surface area contributed by atoms with Crippen molar-refractivity contribution >= 4 is 5.71 Å². The molecule has 0 aromatic rings. The molecule has 11 heavy (non-hydrogen) atoms. The molecule has 0 aromatic carbocycles. The summed E-state index contributed by atoms with van der Waals surface area (Å²) in [4.78, 5) is 2.43. The van der Waals surface area contributed by atoms with Gasteiger partial charge in [-0.1, -0.05) is 11.6 Å². The van der Waals surface area contributed by atoms with Crippen molar-refractivity contribution in [3.63, 3.8) is 0 Å². The van der Waals surface area contributed by atoms with E-state index in [2.05, 4.69) is 10.1 Å². The van der Waals surface area contributed by atoms with Crippen LogP contribution in [-0.2, 0) is 0 Å². The van der Waals surface area contributed by atoms with Gasteiger partial charge in [-0.25, -0.2) is 0 Å². The standard InChI is InChI=1S/C8H14N2O/c11-9-7-4-6-10-5-2-1-3-8(7)10/h8,11H,1-6H2/t8-/m0/s1. The number of nitrogens with zero attached hydrogens (tertiary/aromatic N) is 2. The Morgan fingerprint density at radius 2 is 2.27 bits per heavy atom. The summed E-state index contributed by atoms with van der Waals surface area (Å²) in [5.74, 6) is 0. The minimum Gasteiger partial charge on any atom is -0.411 e. The molecule has 2 aliphatic rings. The fourth-order valence-electron chi connectivity index (χ4n) is 2.18. The van der Waals surface area contributed by atoms with E-state index in [1.54, 1.807) is 0 Å². The van der Waals surface area contributed by atoms with Crippen molar-refractivity contribution in [3.8, 4) is 0 Å². The van der Waals surface area contributed by atoms with Crippen molar-refractivity contribution in [1.29, 1.82) is 0 Å². The molecular weight excluding hydrogens is 140 g/mol. The van der Waals surface area contributed by atoms with Crippen LogP contribution in [0.3, 0.4) is 0 Å². The minimum atomic E-state index is 0.480. The molecule has 1 N–H and O–H groups in total. The summed E-state index contributed by atoms with van der Waals surface area (Å²) in [5, 5.41) is 12.0. The Labute approximate surface area is 66.7 Å². The average Bonchev–Trinajstić information content (AvgIpc) is 2.47. The van der Waals surface area contributed by atoms with E-state index in [-0.39, 0.29) is 0 Å². The van der Waals surface area contributed by atoms with Crippen LogP contribution in [0.5, 0.6) is 0 Å². The van der Waals surface area contributed by atoms with E-state index < -0.39 is 0 Å². The van der Waals surface area contributed by atoms with Gasteiger partial charge in [0.1, 0.15) is 0 Å². The molecule has 2 fully saturated rings. The highest BCUT2D eigenvalue weighted by atomic mass is 16.4. The largest absolute Gasteiger partial charge is 0.411 e. The SMILES string of the molecule is ON=C1CCN2CCCC[C@@H]12. The second kappa shape index (κ2) is 2.81. The number of fused-ring (bicyclic) bond motifs is 1. The fourth-order valence-corrected chi connectivity index (χ4v) is 2.18. The van der Waals surface area contributed by atoms with Crippen LogP contribution in [0.4, 0.5) is 0 Å². The van der Waals surface area contributed by atoms with Gasteiger partial charge in [0.2, 0.25) is 0 Å². The predicted octanol–water partition coefficient (Wildman–Crippen LogP) is 1.07. The maximum absolute atomic E-state index is 8.67. The third-order valence-corrected chi connectivity index (χ3v) is 2.78. The van der Waals surface area contributed by atoms with Crippen LogP contribution in [0.25, 0.3) is 0 Å². The minimum absolute atomic E-state index is 0.480. The molecule has 3 nitrogen and oxygen atoms in total. The van der Waals surface area contributed by atoms with Crippen LogP contribution in [0, 0.1) is 0 Å². The molecule has 2 aliphatic heterocycles. The lowest BCUT2D eigenvalue weighted by molar-refractivity contribution is 0.219. The van der Waals surface area contributed by atoms with Gasteiger partial charge < -0.3 is 5.21 Å². The van der Waals surface area contributed by atoms with Crippen LogP contribution < -0.4 is 0 Å². The number of piperidine rings is 1. The van der Waals surface area contributed by atoms with Gasteiger partial charge in [0.25, 0.3) is 0 Å². The zero-order valence-electron chi connectivity index (χ0n) is 6.66. The summed E-state index contributed by atoms with van der Waals surface area (Å²) in [7, 11) is 0. The van der Waals surface area contributed by atoms with Crippen molar-refractivity contribution < 1.29 is 5.21 Å². The van der Waals surface area contributed by atoms with Crippen LogP contribution in [0.2, 0.25) is 0 Å². The molecule has 0 unspecified atom stereocenters. The Hall–Kier alpha value is -0.570. The zero-order chi connectivity index (χ0) is 7.68. The fraction of sp³-hybridized carbons (Fsp3) is 0.875. The first-order valence-electron chi connectivity index (χ1n) is 4.36. The Morgan fingerprint density at radius 1 is 1.36 bits per heavy atom. The van der Waals surface area contributed by atoms with Gasteiger partial charge in [0, 0.05) is 13.0 Å². The highest BCUT2D eigenvalue weighted by Crippen LogP contribution is 2.24. The van der Waals surface area contributed by atoms with Crippen molar-refractivity contribution in [2.75, 3.05) is 13.1 Å². The lowest BCUT2D eigenvalue weighted by atomic mass is 10.0. The maximum atomic E-state index is 8.67. The summed E-state index contributed by atoms with van der Waals surface area (Å²) in [6.45, 7) is 2.30. The first kappa shape index (κ1) is 7.10. The molecule has 1 atom stereocenters. The zero-order valence-corrected chi connectivity index (χ0v) is 6.66. The normalized spacial score (nSPS) is 36.0. The van der Waals surface area contributed by atoms with Crippen LogP contribution in [0.15, 0.2) is 5.16 Å². The number of hydrogen-bond donors (Lipinski definition) is 1. The Morgan fingerprint density at radius 3 is 3.09 bits per heavy atom. The quantitative estimate of drug-likeness (QED) is 0.418. The molecule has 0 saturated carbocycles. The van der Waals surface area contributed by atoms with Gasteiger partial charge in [-0.05, 0) is 19.4 Å². The Bertz CT molecular complexity index is 179. The highest BCUT2D eigenvalue weighted by Gasteiger charge is 2.32. The first-order chi connectivity index (χ1) is 5.42. The number of hydrogen-bond acceptors (Lipinski definition) is 3. The van der Waals surface area contributed by atoms with E-state index in [1.807, 2.05) is 0 Å². The molecule has 0 bridgehead atoms. The molecule has 2 heterocycles. The Kier molecular flexibility index (Phi) is 1.82. The van der Waals surface area contributed by atoms with Crippen molar-refractivity contribution in [1.82, 2.24) is 4.90 Å². The van der Waals surface area contributed by atoms with Gasteiger partial charge in [0.05, 0.1) is 11.8 Å². The third-order valence-electron chi connectivity index (χ3n) is 2.78. The van der Waals surface area contributed by atoms with Gasteiger partial charge in [-0.15, -0.1) is 0 Å². The molecule has 2 rings (SSSR count). The predicted molar refractivity (Wildman–Crippen MR) is 43.1 cm³/mol. The molecule has 0 aromatic heterocycles. The Balaban J connectivity index is 2.10. The van der Waals surface area contributed by atoms with Crippen molar-refractivity contribution in [3.05, 3.63) is 0 Å². The van der Waals surface area contributed by atoms with Gasteiger partial charge in [-0.3, -0.25) is 4.90 Å². The summed E-state index contributed by atoms with van der Waals surface area (Å²) in [5.41, 5.74) is 1.00. The summed E-state index contributed by atoms with van der Waals surface area (Å²) >= 11 is 0. The van der Waals surface area contributed by atoms with E-state index in [0.717, 1.165) is 18.7 Å². The number of oxime groups is 1. The number of rotatable bonds is 0. The molecule has 3 heteroatoms. The molecular formula is C8H14N2O. The third kappa shape index (κ3) is 1.13. The average molecular weight is 154 g/mol. The van der Waals surface area contributed by atoms with Crippen molar-refractivity contribution in [2.45, 2.75) is 31.7 Å². The van der Waals surface area contributed by atoms with E-state index >= 15 is 0 Å². The molecule has 0 aliphatic carbocycles. The van der Waals surface area contributed by atoms with Crippen LogP contribution in [0.1, 0.15) is 25.7 Å². The van der Waals surface area contributed by atoms with E-state index in [1.165, 1.54) is 25.8 Å². The van der Waals surface area contributed by atoms with E-state index in [4.69, 9.17) is 5.21 Å². The smallest absolute Gasteiger partial charge is 0.0754 e. The summed E-state index contributed by atoms with van der Waals surface area (Å²) in [6, 6.07) is 0.480. The van der Waals surface area contributed by atoms with Gasteiger partial charge >= 0.3 is 0 Å². The summed E-state index contributed by atoms with van der Waals surface area (Å²) < 4.78 is 0. The van der Waals surface area contributed by atoms with Gasteiger partial charge in [0.15, 0.2) is 0 Å². The molecule has 62 valence electrons. The first-order valence-corrected chi connectivity index (χ1v) is 4.36. The van der Waals surface area contributed by atoms with Crippen molar-refractivity contribution in [2.24, 2.45) is 5.16 Å².